The Bertz CT molecular complexity index is 1020. The van der Waals surface area contributed by atoms with Gasteiger partial charge >= 0.3 is 0 Å². The predicted molar refractivity (Wildman–Crippen MR) is 110 cm³/mol. The average Bonchev–Trinajstić information content (AvgIpc) is 3.05. The van der Waals surface area contributed by atoms with E-state index >= 15 is 0 Å². The Balaban J connectivity index is 1.75. The third-order valence-corrected chi connectivity index (χ3v) is 4.29. The summed E-state index contributed by atoms with van der Waals surface area (Å²) in [6, 6.07) is 8.21. The lowest BCUT2D eigenvalue weighted by atomic mass is 10.2. The molecule has 2 aromatic heterocycles. The summed E-state index contributed by atoms with van der Waals surface area (Å²) in [6.45, 7) is 6.66. The van der Waals surface area contributed by atoms with Crippen molar-refractivity contribution >= 4 is 28.6 Å². The van der Waals surface area contributed by atoms with Crippen molar-refractivity contribution in [3.05, 3.63) is 46.9 Å². The molecule has 1 atom stereocenters. The van der Waals surface area contributed by atoms with Gasteiger partial charge in [-0.05, 0) is 43.2 Å². The Morgan fingerprint density at radius 3 is 2.57 bits per heavy atom. The first-order valence-corrected chi connectivity index (χ1v) is 9.18. The molecule has 0 aliphatic rings. The van der Waals surface area contributed by atoms with Gasteiger partial charge in [0.2, 0.25) is 11.9 Å². The number of rotatable bonds is 7. The van der Waals surface area contributed by atoms with Crippen LogP contribution in [0.25, 0.3) is 11.0 Å². The first-order valence-electron chi connectivity index (χ1n) is 9.18. The number of anilines is 2. The number of carbonyl (C=O) groups is 1. The maximum atomic E-state index is 12.5. The van der Waals surface area contributed by atoms with Crippen molar-refractivity contribution in [2.45, 2.75) is 33.4 Å². The van der Waals surface area contributed by atoms with Crippen LogP contribution in [0.5, 0.6) is 5.75 Å². The lowest BCUT2D eigenvalue weighted by molar-refractivity contribution is -0.116. The van der Waals surface area contributed by atoms with E-state index in [0.717, 1.165) is 6.54 Å². The van der Waals surface area contributed by atoms with Crippen LogP contribution in [0.2, 0.25) is 0 Å². The van der Waals surface area contributed by atoms with Crippen molar-refractivity contribution in [3.8, 4) is 5.75 Å². The second kappa shape index (κ2) is 8.16. The van der Waals surface area contributed by atoms with E-state index in [1.807, 2.05) is 10.8 Å². The zero-order chi connectivity index (χ0) is 20.3. The predicted octanol–water partition coefficient (Wildman–Crippen LogP) is 2.83. The molecule has 0 fully saturated rings. The van der Waals surface area contributed by atoms with Crippen LogP contribution in [-0.4, -0.2) is 33.6 Å². The Hall–Kier alpha value is -3.29. The SMILES string of the molecule is COc1ccc(NC(=O)C(C)Nc2nc3c(ccn3CC(C)C)c(=O)[nH]2)cc1. The van der Waals surface area contributed by atoms with Crippen molar-refractivity contribution in [2.24, 2.45) is 5.92 Å². The number of methoxy groups -OCH3 is 1. The van der Waals surface area contributed by atoms with E-state index < -0.39 is 6.04 Å². The smallest absolute Gasteiger partial charge is 0.261 e. The third-order valence-electron chi connectivity index (χ3n) is 4.29. The van der Waals surface area contributed by atoms with E-state index in [0.29, 0.717) is 28.4 Å². The van der Waals surface area contributed by atoms with Crippen molar-refractivity contribution in [2.75, 3.05) is 17.7 Å². The minimum atomic E-state index is -0.601. The Labute approximate surface area is 162 Å². The molecule has 1 unspecified atom stereocenters. The Kier molecular flexibility index (Phi) is 5.67. The minimum absolute atomic E-state index is 0.238. The highest BCUT2D eigenvalue weighted by molar-refractivity contribution is 5.96. The summed E-state index contributed by atoms with van der Waals surface area (Å²) >= 11 is 0. The molecule has 1 aromatic carbocycles. The van der Waals surface area contributed by atoms with Crippen LogP contribution >= 0.6 is 0 Å². The van der Waals surface area contributed by atoms with Gasteiger partial charge in [-0.1, -0.05) is 13.8 Å². The average molecular weight is 383 g/mol. The molecule has 0 aliphatic carbocycles. The van der Waals surface area contributed by atoms with E-state index in [2.05, 4.69) is 34.4 Å². The second-order valence-corrected chi connectivity index (χ2v) is 7.10. The zero-order valence-electron chi connectivity index (χ0n) is 16.4. The van der Waals surface area contributed by atoms with Gasteiger partial charge in [-0.3, -0.25) is 14.6 Å². The highest BCUT2D eigenvalue weighted by atomic mass is 16.5. The molecule has 3 N–H and O–H groups in total. The van der Waals surface area contributed by atoms with Gasteiger partial charge < -0.3 is 19.9 Å². The molecule has 0 radical (unpaired) electrons. The number of fused-ring (bicyclic) bond motifs is 1. The quantitative estimate of drug-likeness (QED) is 0.582. The number of amides is 1. The fraction of sp³-hybridized carbons (Fsp3) is 0.350. The molecule has 8 nitrogen and oxygen atoms in total. The molecule has 0 bridgehead atoms. The summed E-state index contributed by atoms with van der Waals surface area (Å²) in [5.41, 5.74) is 1.02. The number of carbonyl (C=O) groups excluding carboxylic acids is 1. The fourth-order valence-electron chi connectivity index (χ4n) is 2.88. The lowest BCUT2D eigenvalue weighted by Crippen LogP contribution is -2.33. The number of H-pyrrole nitrogens is 1. The highest BCUT2D eigenvalue weighted by Crippen LogP contribution is 2.16. The number of aromatic amines is 1. The van der Waals surface area contributed by atoms with Gasteiger partial charge in [-0.25, -0.2) is 0 Å². The first kappa shape index (κ1) is 19.5. The van der Waals surface area contributed by atoms with E-state index in [1.165, 1.54) is 0 Å². The fourth-order valence-corrected chi connectivity index (χ4v) is 2.88. The van der Waals surface area contributed by atoms with Crippen LogP contribution in [0.4, 0.5) is 11.6 Å². The normalized spacial score (nSPS) is 12.2. The summed E-state index contributed by atoms with van der Waals surface area (Å²) in [5, 5.41) is 6.32. The minimum Gasteiger partial charge on any atom is -0.497 e. The van der Waals surface area contributed by atoms with Gasteiger partial charge in [0.05, 0.1) is 12.5 Å². The van der Waals surface area contributed by atoms with E-state index in [-0.39, 0.29) is 17.4 Å². The van der Waals surface area contributed by atoms with E-state index in [9.17, 15) is 9.59 Å². The van der Waals surface area contributed by atoms with Crippen LogP contribution in [0, 0.1) is 5.92 Å². The summed E-state index contributed by atoms with van der Waals surface area (Å²) in [4.78, 5) is 32.0. The van der Waals surface area contributed by atoms with E-state index in [1.54, 1.807) is 44.4 Å². The molecular weight excluding hydrogens is 358 g/mol. The summed E-state index contributed by atoms with van der Waals surface area (Å²) < 4.78 is 7.05. The standard InChI is InChI=1S/C20H25N5O3/c1-12(2)11-25-10-9-16-17(25)23-20(24-19(16)27)21-13(3)18(26)22-14-5-7-15(28-4)8-6-14/h5-10,12-13H,11H2,1-4H3,(H,22,26)(H2,21,23,24,27). The topological polar surface area (TPSA) is 101 Å². The molecule has 8 heteroatoms. The Morgan fingerprint density at radius 1 is 1.21 bits per heavy atom. The van der Waals surface area contributed by atoms with E-state index in [4.69, 9.17) is 4.74 Å². The lowest BCUT2D eigenvalue weighted by Gasteiger charge is -2.15. The molecule has 0 spiro atoms. The Morgan fingerprint density at radius 2 is 1.93 bits per heavy atom. The molecular formula is C20H25N5O3. The third kappa shape index (κ3) is 4.33. The summed E-state index contributed by atoms with van der Waals surface area (Å²) in [7, 11) is 1.59. The molecule has 2 heterocycles. The maximum absolute atomic E-state index is 12.5. The molecule has 3 rings (SSSR count). The van der Waals surface area contributed by atoms with Crippen molar-refractivity contribution < 1.29 is 9.53 Å². The molecule has 148 valence electrons. The van der Waals surface area contributed by atoms with Gasteiger partial charge in [-0.15, -0.1) is 0 Å². The maximum Gasteiger partial charge on any atom is 0.261 e. The number of benzene rings is 1. The highest BCUT2D eigenvalue weighted by Gasteiger charge is 2.16. The molecule has 28 heavy (non-hydrogen) atoms. The summed E-state index contributed by atoms with van der Waals surface area (Å²) in [5.74, 6) is 1.15. The number of hydrogen-bond acceptors (Lipinski definition) is 5. The molecule has 0 aliphatic heterocycles. The van der Waals surface area contributed by atoms with Gasteiger partial charge in [0.1, 0.15) is 17.4 Å². The van der Waals surface area contributed by atoms with Crippen LogP contribution in [-0.2, 0) is 11.3 Å². The van der Waals surface area contributed by atoms with Gasteiger partial charge in [0.25, 0.3) is 5.56 Å². The van der Waals surface area contributed by atoms with Gasteiger partial charge in [0.15, 0.2) is 0 Å². The molecule has 1 amide bonds. The van der Waals surface area contributed by atoms with Crippen LogP contribution in [0.3, 0.4) is 0 Å². The van der Waals surface area contributed by atoms with Gasteiger partial charge in [0, 0.05) is 18.4 Å². The monoisotopic (exact) mass is 383 g/mol. The number of hydrogen-bond donors (Lipinski definition) is 3. The number of ether oxygens (including phenoxy) is 1. The number of nitrogens with zero attached hydrogens (tertiary/aromatic N) is 2. The molecule has 0 saturated heterocycles. The first-order chi connectivity index (χ1) is 13.4. The number of nitrogens with one attached hydrogen (secondary N) is 3. The van der Waals surface area contributed by atoms with Crippen molar-refractivity contribution in [1.82, 2.24) is 14.5 Å². The van der Waals surface area contributed by atoms with Crippen LogP contribution in [0.15, 0.2) is 41.3 Å². The van der Waals surface area contributed by atoms with Crippen LogP contribution in [0.1, 0.15) is 20.8 Å². The van der Waals surface area contributed by atoms with Gasteiger partial charge in [-0.2, -0.15) is 4.98 Å². The molecule has 0 saturated carbocycles. The molecule has 3 aromatic rings. The van der Waals surface area contributed by atoms with Crippen molar-refractivity contribution in [1.29, 1.82) is 0 Å². The summed E-state index contributed by atoms with van der Waals surface area (Å²) in [6.07, 6.45) is 1.86. The van der Waals surface area contributed by atoms with Crippen molar-refractivity contribution in [3.63, 3.8) is 0 Å². The van der Waals surface area contributed by atoms with Crippen LogP contribution < -0.4 is 20.9 Å². The number of aromatic nitrogens is 3. The zero-order valence-corrected chi connectivity index (χ0v) is 16.4. The largest absolute Gasteiger partial charge is 0.497 e. The second-order valence-electron chi connectivity index (χ2n) is 7.10.